The number of benzene rings is 2. The van der Waals surface area contributed by atoms with Crippen molar-refractivity contribution in [2.75, 3.05) is 12.4 Å². The van der Waals surface area contributed by atoms with Crippen molar-refractivity contribution < 1.29 is 13.9 Å². The van der Waals surface area contributed by atoms with Crippen LogP contribution in [-0.4, -0.2) is 28.0 Å². The number of aryl methyl sites for hydroxylation is 2. The fourth-order valence-electron chi connectivity index (χ4n) is 3.22. The molecule has 2 aromatic carbocycles. The number of oxazole rings is 1. The Morgan fingerprint density at radius 2 is 1.94 bits per heavy atom. The Bertz CT molecular complexity index is 1290. The second kappa shape index (κ2) is 9.30. The molecule has 0 fully saturated rings. The second-order valence-electron chi connectivity index (χ2n) is 7.21. The third-order valence-corrected chi connectivity index (χ3v) is 4.78. The van der Waals surface area contributed by atoms with Crippen LogP contribution in [0.2, 0.25) is 0 Å². The molecule has 0 atom stereocenters. The Labute approximate surface area is 184 Å². The average Bonchev–Trinajstić information content (AvgIpc) is 3.26. The van der Waals surface area contributed by atoms with Crippen molar-refractivity contribution in [1.82, 2.24) is 15.0 Å². The van der Waals surface area contributed by atoms with Crippen LogP contribution in [0, 0.1) is 6.92 Å². The van der Waals surface area contributed by atoms with E-state index in [1.807, 2.05) is 30.3 Å². The first kappa shape index (κ1) is 21.0. The van der Waals surface area contributed by atoms with Crippen LogP contribution in [0.5, 0.6) is 5.75 Å². The molecule has 0 aliphatic heterocycles. The van der Waals surface area contributed by atoms with Gasteiger partial charge in [0.15, 0.2) is 11.7 Å². The van der Waals surface area contributed by atoms with E-state index >= 15 is 0 Å². The number of carbonyl (C=O) groups excluding carboxylic acids is 1. The molecule has 162 valence electrons. The number of nitrogens with zero attached hydrogens (tertiary/aromatic N) is 2. The van der Waals surface area contributed by atoms with E-state index in [-0.39, 0.29) is 17.9 Å². The molecule has 0 saturated heterocycles. The molecule has 0 saturated carbocycles. The largest absolute Gasteiger partial charge is 0.497 e. The van der Waals surface area contributed by atoms with E-state index < -0.39 is 0 Å². The fraction of sp³-hybridized carbons (Fsp3) is 0.167. The van der Waals surface area contributed by atoms with Crippen LogP contribution in [0.1, 0.15) is 18.0 Å². The van der Waals surface area contributed by atoms with Crippen molar-refractivity contribution in [2.45, 2.75) is 19.8 Å². The third-order valence-electron chi connectivity index (χ3n) is 4.78. The van der Waals surface area contributed by atoms with Crippen molar-refractivity contribution in [3.05, 3.63) is 82.7 Å². The zero-order chi connectivity index (χ0) is 22.5. The predicted molar refractivity (Wildman–Crippen MR) is 120 cm³/mol. The number of hydrogen-bond acceptors (Lipinski definition) is 6. The van der Waals surface area contributed by atoms with E-state index in [9.17, 15) is 9.59 Å². The van der Waals surface area contributed by atoms with Crippen LogP contribution < -0.4 is 15.6 Å². The molecule has 2 heterocycles. The smallest absolute Gasteiger partial charge is 0.251 e. The summed E-state index contributed by atoms with van der Waals surface area (Å²) < 4.78 is 10.9. The summed E-state index contributed by atoms with van der Waals surface area (Å²) in [6.45, 7) is 1.76. The van der Waals surface area contributed by atoms with Gasteiger partial charge in [-0.3, -0.25) is 9.59 Å². The van der Waals surface area contributed by atoms with E-state index in [0.717, 1.165) is 11.3 Å². The number of rotatable bonds is 7. The molecule has 0 aliphatic carbocycles. The van der Waals surface area contributed by atoms with Gasteiger partial charge in [-0.2, -0.15) is 0 Å². The lowest BCUT2D eigenvalue weighted by Crippen LogP contribution is -2.13. The molecule has 1 amide bonds. The summed E-state index contributed by atoms with van der Waals surface area (Å²) in [5.41, 5.74) is 2.61. The van der Waals surface area contributed by atoms with Gasteiger partial charge < -0.3 is 19.5 Å². The van der Waals surface area contributed by atoms with Gasteiger partial charge in [0.05, 0.1) is 13.3 Å². The molecule has 0 bridgehead atoms. The van der Waals surface area contributed by atoms with Crippen LogP contribution in [0.3, 0.4) is 0 Å². The van der Waals surface area contributed by atoms with Crippen molar-refractivity contribution in [3.8, 4) is 28.5 Å². The normalized spacial score (nSPS) is 10.7. The molecule has 4 aromatic rings. The Morgan fingerprint density at radius 1 is 1.12 bits per heavy atom. The van der Waals surface area contributed by atoms with Gasteiger partial charge in [0.25, 0.3) is 5.56 Å². The van der Waals surface area contributed by atoms with Crippen molar-refractivity contribution >= 4 is 11.6 Å². The average molecular weight is 430 g/mol. The zero-order valence-electron chi connectivity index (χ0n) is 17.7. The topological polar surface area (TPSA) is 110 Å². The van der Waals surface area contributed by atoms with E-state index in [4.69, 9.17) is 9.15 Å². The minimum Gasteiger partial charge on any atom is -0.497 e. The summed E-state index contributed by atoms with van der Waals surface area (Å²) in [6, 6.07) is 16.1. The first-order valence-electron chi connectivity index (χ1n) is 10.1. The molecular formula is C24H22N4O4. The number of methoxy groups -OCH3 is 1. The molecule has 4 rings (SSSR count). The van der Waals surface area contributed by atoms with E-state index in [2.05, 4.69) is 20.3 Å². The number of anilines is 1. The van der Waals surface area contributed by atoms with Crippen molar-refractivity contribution in [1.29, 1.82) is 0 Å². The molecule has 8 heteroatoms. The molecule has 2 aromatic heterocycles. The SMILES string of the molecule is COc1ccc(-c2cnc(CCC(=O)Nc3cccc(-c4nc(C)cc(=O)[nH]4)c3)o2)cc1. The van der Waals surface area contributed by atoms with Crippen LogP contribution in [-0.2, 0) is 11.2 Å². The summed E-state index contributed by atoms with van der Waals surface area (Å²) in [6.07, 6.45) is 2.23. The molecule has 0 spiro atoms. The quantitative estimate of drug-likeness (QED) is 0.459. The maximum atomic E-state index is 12.4. The fourth-order valence-corrected chi connectivity index (χ4v) is 3.22. The maximum absolute atomic E-state index is 12.4. The van der Waals surface area contributed by atoms with Gasteiger partial charge in [-0.15, -0.1) is 0 Å². The molecular weight excluding hydrogens is 408 g/mol. The number of aromatic nitrogens is 3. The van der Waals surface area contributed by atoms with Crippen molar-refractivity contribution in [2.24, 2.45) is 0 Å². The molecule has 0 radical (unpaired) electrons. The van der Waals surface area contributed by atoms with Crippen LogP contribution in [0.25, 0.3) is 22.7 Å². The van der Waals surface area contributed by atoms with E-state index in [1.54, 1.807) is 38.4 Å². The number of H-pyrrole nitrogens is 1. The molecule has 32 heavy (non-hydrogen) atoms. The van der Waals surface area contributed by atoms with Gasteiger partial charge in [0.1, 0.15) is 11.6 Å². The first-order valence-corrected chi connectivity index (χ1v) is 10.1. The van der Waals surface area contributed by atoms with Gasteiger partial charge >= 0.3 is 0 Å². The zero-order valence-corrected chi connectivity index (χ0v) is 17.7. The van der Waals surface area contributed by atoms with Gasteiger partial charge in [0.2, 0.25) is 5.91 Å². The molecule has 0 unspecified atom stereocenters. The number of ether oxygens (including phenoxy) is 1. The summed E-state index contributed by atoms with van der Waals surface area (Å²) in [4.78, 5) is 35.4. The summed E-state index contributed by atoms with van der Waals surface area (Å²) in [5, 5.41) is 2.86. The standard InChI is InChI=1S/C24H22N4O4/c1-15-12-22(30)28-24(26-15)17-4-3-5-18(13-17)27-21(29)10-11-23-25-14-20(32-23)16-6-8-19(31-2)9-7-16/h3-9,12-14H,10-11H2,1-2H3,(H,27,29)(H,26,28,30). The number of aromatic amines is 1. The van der Waals surface area contributed by atoms with Gasteiger partial charge in [-0.1, -0.05) is 12.1 Å². The molecule has 8 nitrogen and oxygen atoms in total. The number of hydrogen-bond donors (Lipinski definition) is 2. The lowest BCUT2D eigenvalue weighted by atomic mass is 10.1. The summed E-state index contributed by atoms with van der Waals surface area (Å²) in [7, 11) is 1.61. The van der Waals surface area contributed by atoms with Crippen LogP contribution in [0.15, 0.2) is 70.0 Å². The Balaban J connectivity index is 1.37. The predicted octanol–water partition coefficient (Wildman–Crippen LogP) is 3.98. The van der Waals surface area contributed by atoms with Crippen LogP contribution >= 0.6 is 0 Å². The van der Waals surface area contributed by atoms with E-state index in [1.165, 1.54) is 6.07 Å². The number of amides is 1. The minimum atomic E-state index is -0.220. The Kier molecular flexibility index (Phi) is 6.12. The van der Waals surface area contributed by atoms with Gasteiger partial charge in [0, 0.05) is 41.4 Å². The van der Waals surface area contributed by atoms with Gasteiger partial charge in [-0.25, -0.2) is 9.97 Å². The highest BCUT2D eigenvalue weighted by Gasteiger charge is 2.10. The summed E-state index contributed by atoms with van der Waals surface area (Å²) >= 11 is 0. The highest BCUT2D eigenvalue weighted by atomic mass is 16.5. The highest BCUT2D eigenvalue weighted by Crippen LogP contribution is 2.24. The lowest BCUT2D eigenvalue weighted by molar-refractivity contribution is -0.116. The lowest BCUT2D eigenvalue weighted by Gasteiger charge is -2.07. The minimum absolute atomic E-state index is 0.169. The monoisotopic (exact) mass is 430 g/mol. The number of nitrogens with one attached hydrogen (secondary N) is 2. The Morgan fingerprint density at radius 3 is 2.69 bits per heavy atom. The van der Waals surface area contributed by atoms with Crippen molar-refractivity contribution in [3.63, 3.8) is 0 Å². The third kappa shape index (κ3) is 5.10. The van der Waals surface area contributed by atoms with Gasteiger partial charge in [-0.05, 0) is 43.3 Å². The Hall–Kier alpha value is -4.20. The number of carbonyl (C=O) groups is 1. The molecule has 0 aliphatic rings. The first-order chi connectivity index (χ1) is 15.5. The maximum Gasteiger partial charge on any atom is 0.251 e. The molecule has 2 N–H and O–H groups in total. The summed E-state index contributed by atoms with van der Waals surface area (Å²) in [5.74, 6) is 2.17. The highest BCUT2D eigenvalue weighted by molar-refractivity contribution is 5.91. The second-order valence-corrected chi connectivity index (χ2v) is 7.21. The van der Waals surface area contributed by atoms with Crippen LogP contribution in [0.4, 0.5) is 5.69 Å². The van der Waals surface area contributed by atoms with E-state index in [0.29, 0.717) is 40.8 Å².